The van der Waals surface area contributed by atoms with Crippen LogP contribution in [0.5, 0.6) is 5.75 Å². The van der Waals surface area contributed by atoms with Crippen LogP contribution < -0.4 is 9.67 Å². The number of phenols is 1. The third-order valence-corrected chi connectivity index (χ3v) is 5.67. The van der Waals surface area contributed by atoms with Gasteiger partial charge in [-0.25, -0.2) is 0 Å². The van der Waals surface area contributed by atoms with Gasteiger partial charge in [0.2, 0.25) is 0 Å². The number of rotatable bonds is 5. The van der Waals surface area contributed by atoms with Crippen LogP contribution >= 0.6 is 11.6 Å². The zero-order valence-electron chi connectivity index (χ0n) is 14.3. The minimum atomic E-state index is -5.14. The number of anilines is 1. The molecule has 0 heterocycles. The summed E-state index contributed by atoms with van der Waals surface area (Å²) >= 11 is 0.673. The second-order valence-corrected chi connectivity index (χ2v) is 9.08. The Morgan fingerprint density at radius 3 is 2.26 bits per heavy atom. The average molecular weight is 460 g/mol. The van der Waals surface area contributed by atoms with Crippen molar-refractivity contribution in [2.75, 3.05) is 5.32 Å². The molecule has 0 unspecified atom stereocenters. The summed E-state index contributed by atoms with van der Waals surface area (Å²) in [4.78, 5) is 21.0. The molecule has 0 saturated carbocycles. The molecule has 1 amide bonds. The first-order valence-corrected chi connectivity index (χ1v) is 11.4. The number of carboxylic acids is 1. The SMILES string of the molecule is CC(=O)Nc1c(O)cccc1[As](=O)(O)O.O=C(O)CCc1ccccc1Cl. The number of aryl methyl sites for hydroxylation is 1. The van der Waals surface area contributed by atoms with Crippen molar-refractivity contribution in [2.45, 2.75) is 19.8 Å². The Bertz CT molecular complexity index is 866. The van der Waals surface area contributed by atoms with E-state index >= 15 is 0 Å². The molecule has 2 aromatic carbocycles. The molecule has 5 N–H and O–H groups in total. The number of amides is 1. The van der Waals surface area contributed by atoms with Gasteiger partial charge in [-0.3, -0.25) is 4.79 Å². The number of aliphatic carboxylic acids is 1. The minimum absolute atomic E-state index is 0.129. The van der Waals surface area contributed by atoms with E-state index in [4.69, 9.17) is 24.9 Å². The van der Waals surface area contributed by atoms with Gasteiger partial charge in [0.1, 0.15) is 0 Å². The maximum absolute atomic E-state index is 11.1. The largest absolute Gasteiger partial charge is 0.481 e. The predicted octanol–water partition coefficient (Wildman–Crippen LogP) is 1.27. The van der Waals surface area contributed by atoms with Gasteiger partial charge in [-0.2, -0.15) is 0 Å². The molecule has 0 aliphatic heterocycles. The third-order valence-electron chi connectivity index (χ3n) is 3.20. The Labute approximate surface area is 163 Å². The molecule has 8 nitrogen and oxygen atoms in total. The monoisotopic (exact) mass is 459 g/mol. The number of nitrogens with one attached hydrogen (secondary N) is 1. The van der Waals surface area contributed by atoms with Crippen molar-refractivity contribution in [3.05, 3.63) is 53.1 Å². The molecule has 2 aromatic rings. The quantitative estimate of drug-likeness (QED) is 0.334. The van der Waals surface area contributed by atoms with Crippen molar-refractivity contribution < 1.29 is 31.7 Å². The van der Waals surface area contributed by atoms with Gasteiger partial charge in [0, 0.05) is 11.4 Å². The van der Waals surface area contributed by atoms with Crippen molar-refractivity contribution in [1.29, 1.82) is 0 Å². The molecule has 0 aromatic heterocycles. The Hall–Kier alpha value is -2.25. The molecule has 0 saturated heterocycles. The Kier molecular flexibility index (Phi) is 8.59. The van der Waals surface area contributed by atoms with Crippen molar-refractivity contribution >= 4 is 47.7 Å². The number of halogens is 1. The molecular weight excluding hydrogens is 441 g/mol. The summed E-state index contributed by atoms with van der Waals surface area (Å²) in [6.45, 7) is 1.18. The molecule has 0 aliphatic rings. The predicted molar refractivity (Wildman–Crippen MR) is 100 cm³/mol. The number of hydrogen-bond acceptors (Lipinski definition) is 4. The maximum Gasteiger partial charge on any atom is 0.303 e. The van der Waals surface area contributed by atoms with E-state index < -0.39 is 26.0 Å². The van der Waals surface area contributed by atoms with Gasteiger partial charge in [-0.05, 0) is 18.1 Å². The Morgan fingerprint density at radius 2 is 1.74 bits per heavy atom. The standard InChI is InChI=1S/C9H9ClO2.C8H10AsNO5/c10-8-4-2-1-3-7(8)5-6-9(11)12;1-5(11)10-8-6(9(13,14)15)3-2-4-7(8)12/h1-4H,5-6H2,(H,11,12);2-4,12H,1H3,(H,10,11)(H2,13,14,15). The number of aromatic hydroxyl groups is 1. The van der Waals surface area contributed by atoms with Gasteiger partial charge in [0.15, 0.2) is 0 Å². The Balaban J connectivity index is 0.000000277. The molecule has 10 heteroatoms. The molecule has 0 spiro atoms. The first-order chi connectivity index (χ1) is 12.5. The molecule has 146 valence electrons. The van der Waals surface area contributed by atoms with E-state index in [1.807, 2.05) is 18.2 Å². The zero-order chi connectivity index (χ0) is 20.6. The van der Waals surface area contributed by atoms with Crippen LogP contribution in [0.25, 0.3) is 0 Å². The van der Waals surface area contributed by atoms with Gasteiger partial charge < -0.3 is 5.11 Å². The normalized spacial score (nSPS) is 10.5. The number of carboxylic acid groups (broad SMARTS) is 1. The molecule has 0 fully saturated rings. The summed E-state index contributed by atoms with van der Waals surface area (Å²) < 4.78 is 28.8. The van der Waals surface area contributed by atoms with Crippen LogP contribution in [-0.2, 0) is 19.7 Å². The number of phenolic OH excluding ortho intramolecular Hbond substituents is 1. The average Bonchev–Trinajstić information content (AvgIpc) is 2.55. The summed E-state index contributed by atoms with van der Waals surface area (Å²) in [7, 11) is 0. The van der Waals surface area contributed by atoms with Crippen molar-refractivity contribution in [2.24, 2.45) is 0 Å². The first-order valence-electron chi connectivity index (χ1n) is 7.63. The summed E-state index contributed by atoms with van der Waals surface area (Å²) in [5.41, 5.74) is 0.666. The van der Waals surface area contributed by atoms with Crippen LogP contribution in [0.2, 0.25) is 5.02 Å². The molecule has 2 rings (SSSR count). The maximum atomic E-state index is 11.1. The zero-order valence-corrected chi connectivity index (χ0v) is 16.9. The van der Waals surface area contributed by atoms with Gasteiger partial charge in [-0.15, -0.1) is 0 Å². The minimum Gasteiger partial charge on any atom is -0.481 e. The third kappa shape index (κ3) is 7.88. The number of para-hydroxylation sites is 1. The van der Waals surface area contributed by atoms with Crippen LogP contribution in [0.3, 0.4) is 0 Å². The van der Waals surface area contributed by atoms with E-state index in [2.05, 4.69) is 5.32 Å². The van der Waals surface area contributed by atoms with Crippen LogP contribution in [0, 0.1) is 0 Å². The van der Waals surface area contributed by atoms with Crippen molar-refractivity contribution in [1.82, 2.24) is 0 Å². The van der Waals surface area contributed by atoms with E-state index in [0.29, 0.717) is 11.4 Å². The summed E-state index contributed by atoms with van der Waals surface area (Å²) in [5.74, 6) is -1.68. The second-order valence-electron chi connectivity index (χ2n) is 5.38. The van der Waals surface area contributed by atoms with E-state index in [0.717, 1.165) is 5.56 Å². The molecule has 0 radical (unpaired) electrons. The van der Waals surface area contributed by atoms with E-state index in [1.165, 1.54) is 25.1 Å². The molecule has 0 bridgehead atoms. The molecule has 27 heavy (non-hydrogen) atoms. The van der Waals surface area contributed by atoms with E-state index in [1.54, 1.807) is 6.07 Å². The summed E-state index contributed by atoms with van der Waals surface area (Å²) in [6.07, 6.45) is 0.624. The van der Waals surface area contributed by atoms with Crippen LogP contribution in [0.1, 0.15) is 18.9 Å². The number of hydrogen-bond donors (Lipinski definition) is 5. The topological polar surface area (TPSA) is 144 Å². The fourth-order valence-electron chi connectivity index (χ4n) is 2.02. The summed E-state index contributed by atoms with van der Waals surface area (Å²) in [5, 5.41) is 20.6. The fraction of sp³-hybridized carbons (Fsp3) is 0.176. The van der Waals surface area contributed by atoms with Gasteiger partial charge >= 0.3 is 94.1 Å². The molecule has 0 atom stereocenters. The molecular formula is C17H19AsClNO7. The number of benzene rings is 2. The smallest absolute Gasteiger partial charge is 0.303 e. The van der Waals surface area contributed by atoms with Crippen LogP contribution in [-0.4, -0.2) is 44.5 Å². The van der Waals surface area contributed by atoms with Gasteiger partial charge in [0.25, 0.3) is 0 Å². The number of carbonyl (C=O) groups is 2. The number of carbonyl (C=O) groups excluding carboxylic acids is 1. The van der Waals surface area contributed by atoms with E-state index in [9.17, 15) is 18.4 Å². The van der Waals surface area contributed by atoms with Gasteiger partial charge in [0.05, 0.1) is 0 Å². The first kappa shape index (κ1) is 22.8. The second kappa shape index (κ2) is 10.2. The van der Waals surface area contributed by atoms with Crippen LogP contribution in [0.4, 0.5) is 5.69 Å². The Morgan fingerprint density at radius 1 is 1.11 bits per heavy atom. The van der Waals surface area contributed by atoms with Gasteiger partial charge in [-0.1, -0.05) is 29.8 Å². The summed E-state index contributed by atoms with van der Waals surface area (Å²) in [6, 6.07) is 11.0. The van der Waals surface area contributed by atoms with Crippen LogP contribution in [0.15, 0.2) is 42.5 Å². The molecule has 0 aliphatic carbocycles. The van der Waals surface area contributed by atoms with E-state index in [-0.39, 0.29) is 22.2 Å². The van der Waals surface area contributed by atoms with Crippen molar-refractivity contribution in [3.8, 4) is 5.75 Å². The van der Waals surface area contributed by atoms with Crippen molar-refractivity contribution in [3.63, 3.8) is 0 Å². The fourth-order valence-corrected chi connectivity index (χ4v) is 3.80.